The summed E-state index contributed by atoms with van der Waals surface area (Å²) < 4.78 is 9.98. The standard InChI is InChI=1S/C14H18O4/c1-17-14(16)9-6-12-4-7-13(8-5-12)18-11-3-2-10-15/h4-9,15H,2-3,10-11H2,1H3. The predicted octanol–water partition coefficient (Wildman–Crippen LogP) is 2.02. The highest BCUT2D eigenvalue weighted by Gasteiger charge is 1.95. The minimum Gasteiger partial charge on any atom is -0.494 e. The van der Waals surface area contributed by atoms with Crippen LogP contribution < -0.4 is 4.74 Å². The molecule has 0 aliphatic heterocycles. The van der Waals surface area contributed by atoms with Crippen molar-refractivity contribution in [2.75, 3.05) is 20.3 Å². The van der Waals surface area contributed by atoms with E-state index in [2.05, 4.69) is 4.74 Å². The summed E-state index contributed by atoms with van der Waals surface area (Å²) in [6.07, 6.45) is 4.64. The van der Waals surface area contributed by atoms with Crippen LogP contribution in [-0.4, -0.2) is 31.4 Å². The van der Waals surface area contributed by atoms with Crippen LogP contribution in [-0.2, 0) is 9.53 Å². The first-order valence-corrected chi connectivity index (χ1v) is 5.86. The lowest BCUT2D eigenvalue weighted by molar-refractivity contribution is -0.134. The smallest absolute Gasteiger partial charge is 0.330 e. The Kier molecular flexibility index (Phi) is 6.58. The van der Waals surface area contributed by atoms with Gasteiger partial charge >= 0.3 is 5.97 Å². The normalized spacial score (nSPS) is 10.6. The van der Waals surface area contributed by atoms with Crippen molar-refractivity contribution in [3.05, 3.63) is 35.9 Å². The fourth-order valence-electron chi connectivity index (χ4n) is 1.31. The molecule has 0 saturated carbocycles. The predicted molar refractivity (Wildman–Crippen MR) is 69.3 cm³/mol. The van der Waals surface area contributed by atoms with E-state index in [1.807, 2.05) is 24.3 Å². The van der Waals surface area contributed by atoms with Crippen LogP contribution in [0.2, 0.25) is 0 Å². The van der Waals surface area contributed by atoms with Gasteiger partial charge in [-0.05, 0) is 36.6 Å². The number of unbranched alkanes of at least 4 members (excludes halogenated alkanes) is 1. The molecule has 0 fully saturated rings. The number of aliphatic hydroxyl groups excluding tert-OH is 1. The summed E-state index contributed by atoms with van der Waals surface area (Å²) in [4.78, 5) is 10.9. The maximum atomic E-state index is 10.9. The van der Waals surface area contributed by atoms with Crippen LogP contribution in [0.1, 0.15) is 18.4 Å². The molecule has 1 rings (SSSR count). The SMILES string of the molecule is COC(=O)C=Cc1ccc(OCCCCO)cc1. The number of ether oxygens (including phenoxy) is 2. The second kappa shape index (κ2) is 8.31. The van der Waals surface area contributed by atoms with Crippen LogP contribution in [0.4, 0.5) is 0 Å². The number of hydrogen-bond donors (Lipinski definition) is 1. The lowest BCUT2D eigenvalue weighted by Crippen LogP contribution is -1.98. The molecule has 18 heavy (non-hydrogen) atoms. The van der Waals surface area contributed by atoms with E-state index in [0.717, 1.165) is 24.2 Å². The number of methoxy groups -OCH3 is 1. The maximum Gasteiger partial charge on any atom is 0.330 e. The van der Waals surface area contributed by atoms with Crippen molar-refractivity contribution in [1.29, 1.82) is 0 Å². The molecule has 0 bridgehead atoms. The molecular weight excluding hydrogens is 232 g/mol. The molecule has 0 aromatic heterocycles. The summed E-state index contributed by atoms with van der Waals surface area (Å²) in [5.41, 5.74) is 0.906. The van der Waals surface area contributed by atoms with E-state index in [9.17, 15) is 4.79 Å². The minimum atomic E-state index is -0.376. The van der Waals surface area contributed by atoms with E-state index in [0.29, 0.717) is 6.61 Å². The third-order valence-corrected chi connectivity index (χ3v) is 2.31. The number of carbonyl (C=O) groups is 1. The molecule has 0 saturated heterocycles. The van der Waals surface area contributed by atoms with Crippen molar-refractivity contribution < 1.29 is 19.4 Å². The highest BCUT2D eigenvalue weighted by Crippen LogP contribution is 2.13. The van der Waals surface area contributed by atoms with Gasteiger partial charge in [0, 0.05) is 12.7 Å². The van der Waals surface area contributed by atoms with Gasteiger partial charge in [0.05, 0.1) is 13.7 Å². The van der Waals surface area contributed by atoms with E-state index in [1.165, 1.54) is 13.2 Å². The third kappa shape index (κ3) is 5.50. The topological polar surface area (TPSA) is 55.8 Å². The molecule has 0 atom stereocenters. The van der Waals surface area contributed by atoms with Gasteiger partial charge in [-0.25, -0.2) is 4.79 Å². The molecule has 4 nitrogen and oxygen atoms in total. The molecule has 0 radical (unpaired) electrons. The first-order chi connectivity index (χ1) is 8.76. The second-order valence-corrected chi connectivity index (χ2v) is 3.70. The Morgan fingerprint density at radius 3 is 2.61 bits per heavy atom. The van der Waals surface area contributed by atoms with Crippen molar-refractivity contribution in [2.45, 2.75) is 12.8 Å². The van der Waals surface area contributed by atoms with Gasteiger partial charge in [-0.3, -0.25) is 0 Å². The molecule has 0 aliphatic carbocycles. The molecule has 0 spiro atoms. The Hall–Kier alpha value is -1.81. The van der Waals surface area contributed by atoms with E-state index in [4.69, 9.17) is 9.84 Å². The summed E-state index contributed by atoms with van der Waals surface area (Å²) in [5.74, 6) is 0.405. The molecule has 0 amide bonds. The molecule has 0 aliphatic rings. The van der Waals surface area contributed by atoms with E-state index in [1.54, 1.807) is 6.08 Å². The van der Waals surface area contributed by atoms with Crippen molar-refractivity contribution >= 4 is 12.0 Å². The Morgan fingerprint density at radius 1 is 1.28 bits per heavy atom. The van der Waals surface area contributed by atoms with Crippen LogP contribution in [0.3, 0.4) is 0 Å². The van der Waals surface area contributed by atoms with Gasteiger partial charge < -0.3 is 14.6 Å². The number of benzene rings is 1. The maximum absolute atomic E-state index is 10.9. The third-order valence-electron chi connectivity index (χ3n) is 2.31. The summed E-state index contributed by atoms with van der Waals surface area (Å²) in [7, 11) is 1.34. The molecule has 1 aromatic rings. The molecule has 4 heteroatoms. The first kappa shape index (κ1) is 14.3. The number of hydrogen-bond acceptors (Lipinski definition) is 4. The largest absolute Gasteiger partial charge is 0.494 e. The van der Waals surface area contributed by atoms with Crippen molar-refractivity contribution in [1.82, 2.24) is 0 Å². The highest BCUT2D eigenvalue weighted by atomic mass is 16.5. The van der Waals surface area contributed by atoms with Gasteiger partial charge in [0.2, 0.25) is 0 Å². The minimum absolute atomic E-state index is 0.195. The number of rotatable bonds is 7. The fourth-order valence-corrected chi connectivity index (χ4v) is 1.31. The fraction of sp³-hybridized carbons (Fsp3) is 0.357. The van der Waals surface area contributed by atoms with Crippen LogP contribution in [0.15, 0.2) is 30.3 Å². The quantitative estimate of drug-likeness (QED) is 0.457. The summed E-state index contributed by atoms with van der Waals surface area (Å²) in [6.45, 7) is 0.790. The monoisotopic (exact) mass is 250 g/mol. The Balaban J connectivity index is 2.42. The molecule has 1 aromatic carbocycles. The second-order valence-electron chi connectivity index (χ2n) is 3.70. The van der Waals surface area contributed by atoms with E-state index < -0.39 is 0 Å². The Bertz CT molecular complexity index is 381. The lowest BCUT2D eigenvalue weighted by atomic mass is 10.2. The van der Waals surface area contributed by atoms with Crippen molar-refractivity contribution in [2.24, 2.45) is 0 Å². The average molecular weight is 250 g/mol. The Labute approximate surface area is 107 Å². The zero-order valence-electron chi connectivity index (χ0n) is 10.5. The van der Waals surface area contributed by atoms with E-state index in [-0.39, 0.29) is 12.6 Å². The number of carbonyl (C=O) groups excluding carboxylic acids is 1. The summed E-state index contributed by atoms with van der Waals surface area (Å²) in [5, 5.41) is 8.62. The summed E-state index contributed by atoms with van der Waals surface area (Å²) >= 11 is 0. The summed E-state index contributed by atoms with van der Waals surface area (Å²) in [6, 6.07) is 7.41. The lowest BCUT2D eigenvalue weighted by Gasteiger charge is -2.05. The van der Waals surface area contributed by atoms with Crippen molar-refractivity contribution in [3.63, 3.8) is 0 Å². The van der Waals surface area contributed by atoms with Gasteiger partial charge in [0.15, 0.2) is 0 Å². The van der Waals surface area contributed by atoms with Gasteiger partial charge in [0.25, 0.3) is 0 Å². The number of esters is 1. The zero-order chi connectivity index (χ0) is 13.2. The van der Waals surface area contributed by atoms with Gasteiger partial charge in [0.1, 0.15) is 5.75 Å². The molecule has 1 N–H and O–H groups in total. The highest BCUT2D eigenvalue weighted by molar-refractivity contribution is 5.86. The van der Waals surface area contributed by atoms with Crippen LogP contribution in [0, 0.1) is 0 Å². The van der Waals surface area contributed by atoms with Crippen LogP contribution >= 0.6 is 0 Å². The van der Waals surface area contributed by atoms with Crippen LogP contribution in [0.5, 0.6) is 5.75 Å². The average Bonchev–Trinajstić information content (AvgIpc) is 2.42. The Morgan fingerprint density at radius 2 is 2.00 bits per heavy atom. The molecule has 0 heterocycles. The van der Waals surface area contributed by atoms with Gasteiger partial charge in [-0.2, -0.15) is 0 Å². The molecular formula is C14H18O4. The molecule has 0 unspecified atom stereocenters. The van der Waals surface area contributed by atoms with E-state index >= 15 is 0 Å². The van der Waals surface area contributed by atoms with Gasteiger partial charge in [-0.1, -0.05) is 12.1 Å². The van der Waals surface area contributed by atoms with Crippen LogP contribution in [0.25, 0.3) is 6.08 Å². The number of aliphatic hydroxyl groups is 1. The van der Waals surface area contributed by atoms with Gasteiger partial charge in [-0.15, -0.1) is 0 Å². The first-order valence-electron chi connectivity index (χ1n) is 5.86. The zero-order valence-corrected chi connectivity index (χ0v) is 10.5. The molecule has 98 valence electrons. The van der Waals surface area contributed by atoms with Crippen molar-refractivity contribution in [3.8, 4) is 5.75 Å².